The zero-order valence-corrected chi connectivity index (χ0v) is 20.0. The molecule has 1 aromatic carbocycles. The van der Waals surface area contributed by atoms with E-state index in [1.54, 1.807) is 19.1 Å². The van der Waals surface area contributed by atoms with Crippen LogP contribution in [-0.2, 0) is 14.3 Å². The molecule has 34 heavy (non-hydrogen) atoms. The second-order valence-corrected chi connectivity index (χ2v) is 10.7. The molecule has 0 atom stereocenters. The van der Waals surface area contributed by atoms with Gasteiger partial charge in [-0.2, -0.15) is 5.10 Å². The van der Waals surface area contributed by atoms with Gasteiger partial charge in [0.25, 0.3) is 5.91 Å². The lowest BCUT2D eigenvalue weighted by atomic mass is 9.49. The monoisotopic (exact) mass is 485 g/mol. The van der Waals surface area contributed by atoms with Gasteiger partial charge in [-0.05, 0) is 99.0 Å². The number of hydrogen-bond donors (Lipinski definition) is 1. The molecule has 6 rings (SSSR count). The van der Waals surface area contributed by atoms with Crippen LogP contribution in [0.2, 0.25) is 5.15 Å². The van der Waals surface area contributed by atoms with Crippen molar-refractivity contribution in [3.63, 3.8) is 0 Å². The number of esters is 1. The molecular formula is C26H29ClFN3O3. The van der Waals surface area contributed by atoms with E-state index in [0.717, 1.165) is 17.8 Å². The number of aromatic nitrogens is 2. The van der Waals surface area contributed by atoms with E-state index in [-0.39, 0.29) is 23.7 Å². The van der Waals surface area contributed by atoms with Crippen molar-refractivity contribution < 1.29 is 18.7 Å². The molecule has 180 valence electrons. The molecule has 0 spiro atoms. The highest BCUT2D eigenvalue weighted by Crippen LogP contribution is 2.59. The minimum Gasteiger partial charge on any atom is -0.452 e. The first-order valence-electron chi connectivity index (χ1n) is 11.9. The number of ether oxygens (including phenoxy) is 1. The van der Waals surface area contributed by atoms with Crippen molar-refractivity contribution >= 4 is 29.6 Å². The molecule has 4 aliphatic rings. The Morgan fingerprint density at radius 1 is 1.18 bits per heavy atom. The Bertz CT molecular complexity index is 1090. The van der Waals surface area contributed by atoms with Crippen molar-refractivity contribution in [1.29, 1.82) is 0 Å². The van der Waals surface area contributed by atoms with Crippen molar-refractivity contribution in [2.75, 3.05) is 13.2 Å². The van der Waals surface area contributed by atoms with Gasteiger partial charge in [0.15, 0.2) is 6.61 Å². The number of aryl methyl sites for hydroxylation is 1. The molecule has 1 aromatic heterocycles. The molecule has 4 fully saturated rings. The van der Waals surface area contributed by atoms with Crippen LogP contribution in [-0.4, -0.2) is 34.8 Å². The molecule has 1 heterocycles. The molecule has 0 unspecified atom stereocenters. The fourth-order valence-electron chi connectivity index (χ4n) is 6.63. The lowest BCUT2D eigenvalue weighted by molar-refractivity contribution is -0.144. The van der Waals surface area contributed by atoms with Crippen LogP contribution in [0.15, 0.2) is 30.3 Å². The van der Waals surface area contributed by atoms with E-state index in [1.807, 2.05) is 0 Å². The normalized spacial score (nSPS) is 27.3. The second kappa shape index (κ2) is 9.17. The summed E-state index contributed by atoms with van der Waals surface area (Å²) in [7, 11) is 0. The highest BCUT2D eigenvalue weighted by atomic mass is 35.5. The van der Waals surface area contributed by atoms with Crippen molar-refractivity contribution in [2.45, 2.75) is 45.4 Å². The summed E-state index contributed by atoms with van der Waals surface area (Å²) in [5.74, 6) is 1.23. The van der Waals surface area contributed by atoms with Gasteiger partial charge in [-0.3, -0.25) is 4.79 Å². The van der Waals surface area contributed by atoms with E-state index in [1.165, 1.54) is 67.5 Å². The summed E-state index contributed by atoms with van der Waals surface area (Å²) in [5.41, 5.74) is 2.00. The first-order chi connectivity index (χ1) is 16.3. The first kappa shape index (κ1) is 23.1. The molecule has 8 heteroatoms. The molecular weight excluding hydrogens is 457 g/mol. The smallest absolute Gasteiger partial charge is 0.331 e. The summed E-state index contributed by atoms with van der Waals surface area (Å²) in [6, 6.07) is 5.78. The number of benzene rings is 1. The van der Waals surface area contributed by atoms with Crippen LogP contribution in [0.3, 0.4) is 0 Å². The molecule has 1 N–H and O–H groups in total. The average molecular weight is 486 g/mol. The van der Waals surface area contributed by atoms with Gasteiger partial charge in [0.05, 0.1) is 11.4 Å². The zero-order valence-electron chi connectivity index (χ0n) is 19.2. The summed E-state index contributed by atoms with van der Waals surface area (Å²) >= 11 is 6.42. The fraction of sp³-hybridized carbons (Fsp3) is 0.500. The van der Waals surface area contributed by atoms with Crippen molar-refractivity contribution in [2.24, 2.45) is 23.2 Å². The largest absolute Gasteiger partial charge is 0.452 e. The summed E-state index contributed by atoms with van der Waals surface area (Å²) in [5, 5.41) is 7.66. The first-order valence-corrected chi connectivity index (χ1v) is 12.3. The van der Waals surface area contributed by atoms with E-state index in [9.17, 15) is 14.0 Å². The minimum atomic E-state index is -0.630. The quantitative estimate of drug-likeness (QED) is 0.449. The van der Waals surface area contributed by atoms with Crippen LogP contribution >= 0.6 is 11.6 Å². The van der Waals surface area contributed by atoms with Gasteiger partial charge in [-0.1, -0.05) is 11.6 Å². The molecule has 4 aliphatic carbocycles. The number of nitrogens with zero attached hydrogens (tertiary/aromatic N) is 2. The third-order valence-electron chi connectivity index (χ3n) is 7.68. The molecule has 0 radical (unpaired) electrons. The van der Waals surface area contributed by atoms with Gasteiger partial charge in [-0.25, -0.2) is 13.9 Å². The number of halogens is 2. The third-order valence-corrected chi connectivity index (χ3v) is 8.04. The average Bonchev–Trinajstić information content (AvgIpc) is 3.08. The lowest BCUT2D eigenvalue weighted by Crippen LogP contribution is -2.51. The van der Waals surface area contributed by atoms with E-state index >= 15 is 0 Å². The Hall–Kier alpha value is -2.67. The summed E-state index contributed by atoms with van der Waals surface area (Å²) in [4.78, 5) is 24.5. The van der Waals surface area contributed by atoms with Crippen LogP contribution < -0.4 is 5.32 Å². The van der Waals surface area contributed by atoms with Crippen molar-refractivity contribution in [3.05, 3.63) is 52.6 Å². The standard InChI is InChI=1S/C26H29ClFN3O3/c1-16-22(25(27)31(30-16)21-4-2-20(28)3-5-21)6-7-24(33)34-14-23(32)29-15-26-11-17-8-18(12-26)10-19(9-17)13-26/h2-7,17-19H,8-15H2,1H3,(H,29,32). The molecule has 1 amide bonds. The Labute approximate surface area is 203 Å². The Morgan fingerprint density at radius 3 is 2.41 bits per heavy atom. The molecule has 4 saturated carbocycles. The van der Waals surface area contributed by atoms with Crippen LogP contribution in [0, 0.1) is 35.9 Å². The van der Waals surface area contributed by atoms with Crippen molar-refractivity contribution in [3.8, 4) is 5.69 Å². The van der Waals surface area contributed by atoms with Crippen LogP contribution in [0.1, 0.15) is 49.8 Å². The van der Waals surface area contributed by atoms with Gasteiger partial charge < -0.3 is 10.1 Å². The summed E-state index contributed by atoms with van der Waals surface area (Å²) < 4.78 is 19.8. The predicted molar refractivity (Wildman–Crippen MR) is 127 cm³/mol. The van der Waals surface area contributed by atoms with Gasteiger partial charge in [-0.15, -0.1) is 0 Å². The maximum atomic E-state index is 13.2. The zero-order chi connectivity index (χ0) is 23.9. The highest BCUT2D eigenvalue weighted by Gasteiger charge is 2.50. The van der Waals surface area contributed by atoms with Gasteiger partial charge in [0.1, 0.15) is 11.0 Å². The highest BCUT2D eigenvalue weighted by molar-refractivity contribution is 6.31. The van der Waals surface area contributed by atoms with Gasteiger partial charge in [0, 0.05) is 18.2 Å². The molecule has 0 aliphatic heterocycles. The number of rotatable bonds is 7. The van der Waals surface area contributed by atoms with Crippen LogP contribution in [0.5, 0.6) is 0 Å². The van der Waals surface area contributed by atoms with E-state index in [2.05, 4.69) is 10.4 Å². The molecule has 4 bridgehead atoms. The Morgan fingerprint density at radius 2 is 1.79 bits per heavy atom. The Balaban J connectivity index is 1.13. The maximum absolute atomic E-state index is 13.2. The van der Waals surface area contributed by atoms with Gasteiger partial charge in [0.2, 0.25) is 0 Å². The molecule has 6 nitrogen and oxygen atoms in total. The molecule has 0 saturated heterocycles. The minimum absolute atomic E-state index is 0.243. The lowest BCUT2D eigenvalue weighted by Gasteiger charge is -2.56. The van der Waals surface area contributed by atoms with E-state index in [4.69, 9.17) is 16.3 Å². The number of carbonyl (C=O) groups excluding carboxylic acids is 2. The third kappa shape index (κ3) is 4.76. The van der Waals surface area contributed by atoms with E-state index in [0.29, 0.717) is 28.6 Å². The predicted octanol–water partition coefficient (Wildman–Crippen LogP) is 4.86. The SMILES string of the molecule is Cc1nn(-c2ccc(F)cc2)c(Cl)c1C=CC(=O)OCC(=O)NCC12CC3CC(CC(C3)C1)C2. The number of amides is 1. The number of nitrogens with one attached hydrogen (secondary N) is 1. The fourth-order valence-corrected chi connectivity index (χ4v) is 6.97. The number of hydrogen-bond acceptors (Lipinski definition) is 4. The van der Waals surface area contributed by atoms with Crippen LogP contribution in [0.25, 0.3) is 11.8 Å². The molecule has 2 aromatic rings. The van der Waals surface area contributed by atoms with E-state index < -0.39 is 5.97 Å². The summed E-state index contributed by atoms with van der Waals surface area (Å²) in [6.45, 7) is 2.13. The number of carbonyl (C=O) groups is 2. The van der Waals surface area contributed by atoms with Crippen molar-refractivity contribution in [1.82, 2.24) is 15.1 Å². The summed E-state index contributed by atoms with van der Waals surface area (Å²) in [6.07, 6.45) is 10.5. The van der Waals surface area contributed by atoms with Gasteiger partial charge >= 0.3 is 5.97 Å². The maximum Gasteiger partial charge on any atom is 0.331 e. The Kier molecular flexibility index (Phi) is 6.23. The van der Waals surface area contributed by atoms with Crippen LogP contribution in [0.4, 0.5) is 4.39 Å². The second-order valence-electron chi connectivity index (χ2n) is 10.3. The topological polar surface area (TPSA) is 73.2 Å².